The van der Waals surface area contributed by atoms with Gasteiger partial charge in [0.2, 0.25) is 0 Å². The third kappa shape index (κ3) is 5.07. The predicted octanol–water partition coefficient (Wildman–Crippen LogP) is 4.06. The number of carbonyl (C=O) groups is 2. The molecule has 0 aliphatic carbocycles. The van der Waals surface area contributed by atoms with Crippen LogP contribution in [-0.2, 0) is 16.6 Å². The van der Waals surface area contributed by atoms with Crippen LogP contribution in [0.4, 0.5) is 0 Å². The van der Waals surface area contributed by atoms with Crippen molar-refractivity contribution in [1.82, 2.24) is 5.32 Å². The molecule has 0 fully saturated rings. The number of rotatable bonds is 5. The number of hydrogen-bond acceptors (Lipinski definition) is 2. The van der Waals surface area contributed by atoms with Crippen LogP contribution in [0.3, 0.4) is 0 Å². The van der Waals surface area contributed by atoms with Crippen molar-refractivity contribution in [2.45, 2.75) is 38.6 Å². The van der Waals surface area contributed by atoms with Gasteiger partial charge in [0, 0.05) is 17.0 Å². The molecule has 2 rings (SSSR count). The van der Waals surface area contributed by atoms with Gasteiger partial charge >= 0.3 is 5.97 Å². The molecule has 0 aromatic heterocycles. The highest BCUT2D eigenvalue weighted by molar-refractivity contribution is 6.31. The predicted molar refractivity (Wildman–Crippen MR) is 99.2 cm³/mol. The van der Waals surface area contributed by atoms with Gasteiger partial charge in [-0.1, -0.05) is 62.7 Å². The van der Waals surface area contributed by atoms with Gasteiger partial charge in [-0.25, -0.2) is 4.79 Å². The van der Waals surface area contributed by atoms with Gasteiger partial charge in [-0.15, -0.1) is 0 Å². The molecule has 132 valence electrons. The monoisotopic (exact) mass is 359 g/mol. The molecule has 0 unspecified atom stereocenters. The molecule has 2 N–H and O–H groups in total. The maximum Gasteiger partial charge on any atom is 0.326 e. The van der Waals surface area contributed by atoms with E-state index in [0.29, 0.717) is 16.1 Å². The van der Waals surface area contributed by atoms with Crippen LogP contribution in [0.5, 0.6) is 0 Å². The van der Waals surface area contributed by atoms with Gasteiger partial charge in [-0.2, -0.15) is 0 Å². The van der Waals surface area contributed by atoms with E-state index in [9.17, 15) is 14.7 Å². The molecular formula is C20H22ClNO3. The number of amides is 1. The quantitative estimate of drug-likeness (QED) is 0.845. The molecule has 2 aromatic rings. The minimum Gasteiger partial charge on any atom is -0.480 e. The van der Waals surface area contributed by atoms with Crippen molar-refractivity contribution in [2.75, 3.05) is 0 Å². The third-order valence-electron chi connectivity index (χ3n) is 4.00. The zero-order chi connectivity index (χ0) is 18.6. The first-order valence-electron chi connectivity index (χ1n) is 8.06. The maximum absolute atomic E-state index is 12.4. The Labute approximate surface area is 152 Å². The minimum atomic E-state index is -1.10. The van der Waals surface area contributed by atoms with Gasteiger partial charge in [0.15, 0.2) is 0 Å². The molecule has 0 saturated carbocycles. The summed E-state index contributed by atoms with van der Waals surface area (Å²) in [6.45, 7) is 6.27. The summed E-state index contributed by atoms with van der Waals surface area (Å²) in [4.78, 5) is 23.9. The number of aliphatic carboxylic acids is 1. The van der Waals surface area contributed by atoms with E-state index in [-0.39, 0.29) is 11.8 Å². The second kappa shape index (κ2) is 7.70. The topological polar surface area (TPSA) is 66.4 Å². The number of carbonyl (C=O) groups excluding carboxylic acids is 1. The van der Waals surface area contributed by atoms with Crippen LogP contribution in [0.2, 0.25) is 5.02 Å². The Morgan fingerprint density at radius 1 is 1.08 bits per heavy atom. The second-order valence-corrected chi connectivity index (χ2v) is 7.39. The molecule has 0 heterocycles. The van der Waals surface area contributed by atoms with E-state index >= 15 is 0 Å². The van der Waals surface area contributed by atoms with Crippen molar-refractivity contribution in [2.24, 2.45) is 0 Å². The van der Waals surface area contributed by atoms with Crippen molar-refractivity contribution in [3.8, 4) is 0 Å². The van der Waals surface area contributed by atoms with Crippen LogP contribution in [0.1, 0.15) is 42.3 Å². The van der Waals surface area contributed by atoms with Gasteiger partial charge in [0.05, 0.1) is 0 Å². The minimum absolute atomic E-state index is 0.0112. The van der Waals surface area contributed by atoms with Crippen molar-refractivity contribution in [3.63, 3.8) is 0 Å². The summed E-state index contributed by atoms with van der Waals surface area (Å²) >= 11 is 6.08. The molecule has 25 heavy (non-hydrogen) atoms. The Morgan fingerprint density at radius 2 is 1.68 bits per heavy atom. The lowest BCUT2D eigenvalue weighted by Crippen LogP contribution is -2.42. The Hall–Kier alpha value is -2.33. The first-order chi connectivity index (χ1) is 11.7. The fraction of sp³-hybridized carbons (Fsp3) is 0.300. The van der Waals surface area contributed by atoms with E-state index in [1.54, 1.807) is 36.4 Å². The molecule has 1 amide bonds. The Balaban J connectivity index is 2.13. The Kier molecular flexibility index (Phi) is 5.85. The maximum atomic E-state index is 12.4. The van der Waals surface area contributed by atoms with E-state index < -0.39 is 17.9 Å². The molecular weight excluding hydrogens is 338 g/mol. The summed E-state index contributed by atoms with van der Waals surface area (Å²) in [7, 11) is 0. The van der Waals surface area contributed by atoms with Crippen molar-refractivity contribution < 1.29 is 14.7 Å². The molecule has 0 radical (unpaired) electrons. The summed E-state index contributed by atoms with van der Waals surface area (Å²) in [6, 6.07) is 13.2. The van der Waals surface area contributed by atoms with Crippen LogP contribution in [0, 0.1) is 0 Å². The van der Waals surface area contributed by atoms with E-state index in [4.69, 9.17) is 11.6 Å². The molecule has 2 aromatic carbocycles. The summed E-state index contributed by atoms with van der Waals surface area (Å²) in [6.07, 6.45) is 0.126. The first kappa shape index (κ1) is 19.0. The average Bonchev–Trinajstić information content (AvgIpc) is 2.55. The molecule has 0 aliphatic rings. The van der Waals surface area contributed by atoms with E-state index in [1.807, 2.05) is 12.1 Å². The number of halogens is 1. The van der Waals surface area contributed by atoms with Crippen molar-refractivity contribution >= 4 is 23.5 Å². The Bertz CT molecular complexity index is 763. The van der Waals surface area contributed by atoms with Crippen LogP contribution < -0.4 is 5.32 Å². The standard InChI is InChI=1S/C20H22ClNO3/c1-20(2,3)15-10-8-13(9-11-15)18(23)22-17(19(24)25)12-14-6-4-5-7-16(14)21/h4-11,17H,12H2,1-3H3,(H,22,23)(H,24,25)/t17-/m0/s1. The van der Waals surface area contributed by atoms with Gasteiger partial charge in [-0.3, -0.25) is 4.79 Å². The third-order valence-corrected chi connectivity index (χ3v) is 4.37. The van der Waals surface area contributed by atoms with E-state index in [2.05, 4.69) is 26.1 Å². The Morgan fingerprint density at radius 3 is 2.20 bits per heavy atom. The number of carboxylic acid groups (broad SMARTS) is 1. The molecule has 0 bridgehead atoms. The number of carboxylic acids is 1. The lowest BCUT2D eigenvalue weighted by atomic mass is 9.86. The van der Waals surface area contributed by atoms with Crippen LogP contribution in [0.25, 0.3) is 0 Å². The van der Waals surface area contributed by atoms with E-state index in [1.165, 1.54) is 0 Å². The summed E-state index contributed by atoms with van der Waals surface area (Å²) in [5.41, 5.74) is 2.20. The van der Waals surface area contributed by atoms with E-state index in [0.717, 1.165) is 5.56 Å². The lowest BCUT2D eigenvalue weighted by molar-refractivity contribution is -0.139. The van der Waals surface area contributed by atoms with Crippen LogP contribution in [0.15, 0.2) is 48.5 Å². The SMILES string of the molecule is CC(C)(C)c1ccc(C(=O)N[C@@H](Cc2ccccc2Cl)C(=O)O)cc1. The normalized spacial score (nSPS) is 12.5. The number of nitrogens with one attached hydrogen (secondary N) is 1. The first-order valence-corrected chi connectivity index (χ1v) is 8.44. The molecule has 4 nitrogen and oxygen atoms in total. The number of hydrogen-bond donors (Lipinski definition) is 2. The van der Waals surface area contributed by atoms with Gasteiger partial charge in [0.1, 0.15) is 6.04 Å². The van der Waals surface area contributed by atoms with Crippen LogP contribution in [-0.4, -0.2) is 23.0 Å². The van der Waals surface area contributed by atoms with Gasteiger partial charge < -0.3 is 10.4 Å². The van der Waals surface area contributed by atoms with Gasteiger partial charge in [0.25, 0.3) is 5.91 Å². The fourth-order valence-corrected chi connectivity index (χ4v) is 2.66. The molecule has 0 saturated heterocycles. The summed E-state index contributed by atoms with van der Waals surface area (Å²) < 4.78 is 0. The number of benzene rings is 2. The van der Waals surface area contributed by atoms with Crippen molar-refractivity contribution in [1.29, 1.82) is 0 Å². The van der Waals surface area contributed by atoms with Gasteiger partial charge in [-0.05, 0) is 34.7 Å². The highest BCUT2D eigenvalue weighted by atomic mass is 35.5. The second-order valence-electron chi connectivity index (χ2n) is 6.99. The fourth-order valence-electron chi connectivity index (χ4n) is 2.45. The summed E-state index contributed by atoms with van der Waals surface area (Å²) in [5, 5.41) is 12.5. The highest BCUT2D eigenvalue weighted by Crippen LogP contribution is 2.22. The largest absolute Gasteiger partial charge is 0.480 e. The average molecular weight is 360 g/mol. The molecule has 0 aliphatic heterocycles. The zero-order valence-corrected chi connectivity index (χ0v) is 15.3. The van der Waals surface area contributed by atoms with Crippen LogP contribution >= 0.6 is 11.6 Å². The highest BCUT2D eigenvalue weighted by Gasteiger charge is 2.22. The molecule has 5 heteroatoms. The molecule has 0 spiro atoms. The molecule has 1 atom stereocenters. The lowest BCUT2D eigenvalue weighted by Gasteiger charge is -2.19. The zero-order valence-electron chi connectivity index (χ0n) is 14.5. The van der Waals surface area contributed by atoms with Crippen molar-refractivity contribution in [3.05, 3.63) is 70.2 Å². The smallest absolute Gasteiger partial charge is 0.326 e. The summed E-state index contributed by atoms with van der Waals surface area (Å²) in [5.74, 6) is -1.51.